The van der Waals surface area contributed by atoms with E-state index in [9.17, 15) is 4.79 Å². The summed E-state index contributed by atoms with van der Waals surface area (Å²) in [7, 11) is 0. The molecule has 0 N–H and O–H groups in total. The fourth-order valence-corrected chi connectivity index (χ4v) is 3.46. The Morgan fingerprint density at radius 2 is 2.14 bits per heavy atom. The minimum absolute atomic E-state index is 0.0937. The van der Waals surface area contributed by atoms with Gasteiger partial charge in [-0.05, 0) is 49.7 Å². The average Bonchev–Trinajstić information content (AvgIpc) is 3.35. The molecule has 3 heteroatoms. The number of allylic oxidation sites excluding steroid dienone is 2. The van der Waals surface area contributed by atoms with Crippen molar-refractivity contribution in [2.45, 2.75) is 53.1 Å². The normalized spacial score (nSPS) is 25.5. The summed E-state index contributed by atoms with van der Waals surface area (Å²) in [5.74, 6) is 0.860. The van der Waals surface area contributed by atoms with E-state index >= 15 is 0 Å². The van der Waals surface area contributed by atoms with E-state index in [1.807, 2.05) is 12.3 Å². The molecule has 0 unspecified atom stereocenters. The zero-order valence-electron chi connectivity index (χ0n) is 14.0. The molecule has 1 aromatic heterocycles. The Hall–Kier alpha value is -1.64. The first-order valence-electron chi connectivity index (χ1n) is 8.25. The van der Waals surface area contributed by atoms with Crippen LogP contribution in [-0.2, 0) is 11.3 Å². The molecule has 3 nitrogen and oxygen atoms in total. The standard InChI is InChI=1S/C19H26N2O/c1-13(2)10-16-17(19(16,3)4)18(22)21(15-7-8-15)12-14-6-5-9-20-11-14/h5-6,9-11,15-17H,7-8,12H2,1-4H3/t16-,17-/m1/s1. The first kappa shape index (κ1) is 15.3. The molecule has 2 atom stereocenters. The van der Waals surface area contributed by atoms with E-state index in [4.69, 9.17) is 0 Å². The Bertz CT molecular complexity index is 583. The molecule has 22 heavy (non-hydrogen) atoms. The van der Waals surface area contributed by atoms with Crippen molar-refractivity contribution in [2.24, 2.45) is 17.3 Å². The monoisotopic (exact) mass is 298 g/mol. The van der Waals surface area contributed by atoms with Crippen molar-refractivity contribution < 1.29 is 4.79 Å². The third-order valence-electron chi connectivity index (χ3n) is 5.04. The number of amides is 1. The molecule has 1 heterocycles. The van der Waals surface area contributed by atoms with E-state index in [1.54, 1.807) is 6.20 Å². The molecule has 0 saturated heterocycles. The Balaban J connectivity index is 1.75. The predicted octanol–water partition coefficient (Wildman–Crippen LogP) is 3.81. The zero-order valence-corrected chi connectivity index (χ0v) is 14.0. The highest BCUT2D eigenvalue weighted by molar-refractivity contribution is 5.84. The third-order valence-corrected chi connectivity index (χ3v) is 5.04. The Morgan fingerprint density at radius 1 is 1.41 bits per heavy atom. The molecular formula is C19H26N2O. The molecule has 118 valence electrons. The fourth-order valence-electron chi connectivity index (χ4n) is 3.46. The molecule has 0 spiro atoms. The summed E-state index contributed by atoms with van der Waals surface area (Å²) in [6.45, 7) is 9.36. The van der Waals surface area contributed by atoms with Crippen LogP contribution in [0, 0.1) is 17.3 Å². The first-order chi connectivity index (χ1) is 10.4. The Morgan fingerprint density at radius 3 is 2.68 bits per heavy atom. The highest BCUT2D eigenvalue weighted by atomic mass is 16.2. The zero-order chi connectivity index (χ0) is 15.9. The number of aromatic nitrogens is 1. The lowest BCUT2D eigenvalue weighted by atomic mass is 10.1. The smallest absolute Gasteiger partial charge is 0.227 e. The average molecular weight is 298 g/mol. The van der Waals surface area contributed by atoms with Gasteiger partial charge in [0.25, 0.3) is 0 Å². The van der Waals surface area contributed by atoms with Crippen molar-refractivity contribution in [3.63, 3.8) is 0 Å². The number of hydrogen-bond donors (Lipinski definition) is 0. The van der Waals surface area contributed by atoms with Gasteiger partial charge in [-0.1, -0.05) is 31.6 Å². The second-order valence-electron chi connectivity index (χ2n) is 7.63. The van der Waals surface area contributed by atoms with Crippen LogP contribution in [0.15, 0.2) is 36.2 Å². The second kappa shape index (κ2) is 5.53. The third kappa shape index (κ3) is 2.94. The molecule has 2 fully saturated rings. The Labute approximate surface area is 133 Å². The van der Waals surface area contributed by atoms with Gasteiger partial charge in [0.05, 0.1) is 5.92 Å². The number of rotatable bonds is 5. The van der Waals surface area contributed by atoms with Gasteiger partial charge in [0, 0.05) is 25.0 Å². The topological polar surface area (TPSA) is 33.2 Å². The van der Waals surface area contributed by atoms with Crippen molar-refractivity contribution in [1.82, 2.24) is 9.88 Å². The van der Waals surface area contributed by atoms with E-state index in [2.05, 4.69) is 49.7 Å². The van der Waals surface area contributed by atoms with E-state index in [1.165, 1.54) is 5.57 Å². The summed E-state index contributed by atoms with van der Waals surface area (Å²) in [6, 6.07) is 4.44. The molecule has 3 rings (SSSR count). The van der Waals surface area contributed by atoms with E-state index < -0.39 is 0 Å². The maximum Gasteiger partial charge on any atom is 0.227 e. The van der Waals surface area contributed by atoms with Crippen LogP contribution in [0.25, 0.3) is 0 Å². The molecule has 2 saturated carbocycles. The van der Waals surface area contributed by atoms with Crippen LogP contribution >= 0.6 is 0 Å². The number of pyridine rings is 1. The van der Waals surface area contributed by atoms with Crippen molar-refractivity contribution in [3.8, 4) is 0 Å². The molecule has 0 radical (unpaired) electrons. The second-order valence-corrected chi connectivity index (χ2v) is 7.63. The van der Waals surface area contributed by atoms with Crippen LogP contribution in [0.3, 0.4) is 0 Å². The van der Waals surface area contributed by atoms with Crippen molar-refractivity contribution in [2.75, 3.05) is 0 Å². The maximum atomic E-state index is 13.1. The molecule has 0 bridgehead atoms. The number of carbonyl (C=O) groups is 1. The Kier molecular flexibility index (Phi) is 3.84. The van der Waals surface area contributed by atoms with Gasteiger partial charge in [0.2, 0.25) is 5.91 Å². The summed E-state index contributed by atoms with van der Waals surface area (Å²) in [5, 5.41) is 0. The van der Waals surface area contributed by atoms with Crippen LogP contribution in [0.4, 0.5) is 0 Å². The highest BCUT2D eigenvalue weighted by Gasteiger charge is 2.61. The molecular weight excluding hydrogens is 272 g/mol. The lowest BCUT2D eigenvalue weighted by Gasteiger charge is -2.23. The molecule has 0 aromatic carbocycles. The van der Waals surface area contributed by atoms with Crippen LogP contribution < -0.4 is 0 Å². The van der Waals surface area contributed by atoms with E-state index in [-0.39, 0.29) is 11.3 Å². The van der Waals surface area contributed by atoms with Gasteiger partial charge < -0.3 is 4.90 Å². The van der Waals surface area contributed by atoms with Crippen molar-refractivity contribution >= 4 is 5.91 Å². The SMILES string of the molecule is CC(C)=C[C@@H]1[C@H](C(=O)N(Cc2cccnc2)C2CC2)C1(C)C. The summed E-state index contributed by atoms with van der Waals surface area (Å²) in [6.07, 6.45) is 8.21. The fraction of sp³-hybridized carbons (Fsp3) is 0.579. The summed E-state index contributed by atoms with van der Waals surface area (Å²) < 4.78 is 0. The van der Waals surface area contributed by atoms with Gasteiger partial charge in [-0.25, -0.2) is 0 Å². The van der Waals surface area contributed by atoms with Crippen molar-refractivity contribution in [1.29, 1.82) is 0 Å². The van der Waals surface area contributed by atoms with Crippen molar-refractivity contribution in [3.05, 3.63) is 41.7 Å². The largest absolute Gasteiger partial charge is 0.335 e. The summed E-state index contributed by atoms with van der Waals surface area (Å²) in [4.78, 5) is 19.3. The number of carbonyl (C=O) groups excluding carboxylic acids is 1. The molecule has 0 aliphatic heterocycles. The quantitative estimate of drug-likeness (QED) is 0.774. The number of nitrogens with zero attached hydrogens (tertiary/aromatic N) is 2. The molecule has 2 aliphatic rings. The first-order valence-corrected chi connectivity index (χ1v) is 8.25. The molecule has 2 aliphatic carbocycles. The van der Waals surface area contributed by atoms with Gasteiger partial charge in [-0.2, -0.15) is 0 Å². The molecule has 1 amide bonds. The van der Waals surface area contributed by atoms with Gasteiger partial charge >= 0.3 is 0 Å². The van der Waals surface area contributed by atoms with Gasteiger partial charge in [-0.3, -0.25) is 9.78 Å². The lowest BCUT2D eigenvalue weighted by molar-refractivity contribution is -0.134. The highest BCUT2D eigenvalue weighted by Crippen LogP contribution is 2.60. The van der Waals surface area contributed by atoms with E-state index in [0.29, 0.717) is 24.4 Å². The van der Waals surface area contributed by atoms with Gasteiger partial charge in [-0.15, -0.1) is 0 Å². The van der Waals surface area contributed by atoms with Crippen LogP contribution in [0.2, 0.25) is 0 Å². The number of hydrogen-bond acceptors (Lipinski definition) is 2. The van der Waals surface area contributed by atoms with Crippen LogP contribution in [-0.4, -0.2) is 21.8 Å². The van der Waals surface area contributed by atoms with Crippen LogP contribution in [0.5, 0.6) is 0 Å². The molecule has 1 aromatic rings. The van der Waals surface area contributed by atoms with Crippen LogP contribution in [0.1, 0.15) is 46.1 Å². The van der Waals surface area contributed by atoms with E-state index in [0.717, 1.165) is 18.4 Å². The predicted molar refractivity (Wildman–Crippen MR) is 88.0 cm³/mol. The maximum absolute atomic E-state index is 13.1. The summed E-state index contributed by atoms with van der Waals surface area (Å²) >= 11 is 0. The lowest BCUT2D eigenvalue weighted by Crippen LogP contribution is -2.35. The van der Waals surface area contributed by atoms with Gasteiger partial charge in [0.15, 0.2) is 0 Å². The van der Waals surface area contributed by atoms with Gasteiger partial charge in [0.1, 0.15) is 0 Å². The minimum Gasteiger partial charge on any atom is -0.335 e. The minimum atomic E-state index is 0.0937. The summed E-state index contributed by atoms with van der Waals surface area (Å²) in [5.41, 5.74) is 2.52.